The Morgan fingerprint density at radius 1 is 1.19 bits per heavy atom. The molecule has 1 atom stereocenters. The molecule has 1 N–H and O–H groups in total. The van der Waals surface area contributed by atoms with Crippen molar-refractivity contribution < 1.29 is 17.9 Å². The van der Waals surface area contributed by atoms with Gasteiger partial charge in [-0.05, 0) is 25.1 Å². The van der Waals surface area contributed by atoms with Crippen LogP contribution in [0.25, 0.3) is 0 Å². The minimum absolute atomic E-state index is 0.0650. The molecule has 6 nitrogen and oxygen atoms in total. The molecule has 2 aromatic carbocycles. The number of hydrogen-bond donors (Lipinski definition) is 1. The van der Waals surface area contributed by atoms with Crippen LogP contribution >= 0.6 is 23.2 Å². The van der Waals surface area contributed by atoms with Crippen molar-refractivity contribution in [3.8, 4) is 5.75 Å². The number of carbonyl (C=O) groups excluding carboxylic acids is 1. The number of sulfonamides is 1. The van der Waals surface area contributed by atoms with Gasteiger partial charge in [0, 0.05) is 5.56 Å². The molecule has 27 heavy (non-hydrogen) atoms. The van der Waals surface area contributed by atoms with Crippen molar-refractivity contribution in [3.63, 3.8) is 0 Å². The minimum Gasteiger partial charge on any atom is -0.496 e. The van der Waals surface area contributed by atoms with Crippen molar-refractivity contribution in [2.75, 3.05) is 24.2 Å². The van der Waals surface area contributed by atoms with E-state index in [4.69, 9.17) is 27.9 Å². The SMILES string of the molecule is COc1ccccc1[C@@H](C)NC(=O)CN(c1cccc(Cl)c1Cl)S(C)(=O)=O. The summed E-state index contributed by atoms with van der Waals surface area (Å²) in [5.74, 6) is 0.137. The molecule has 0 unspecified atom stereocenters. The summed E-state index contributed by atoms with van der Waals surface area (Å²) in [5.41, 5.74) is 0.923. The van der Waals surface area contributed by atoms with Crippen LogP contribution in [0.15, 0.2) is 42.5 Å². The molecule has 1 amide bonds. The second-order valence-electron chi connectivity index (χ2n) is 5.87. The molecular formula is C18H20Cl2N2O4S. The quantitative estimate of drug-likeness (QED) is 0.726. The number of hydrogen-bond acceptors (Lipinski definition) is 4. The van der Waals surface area contributed by atoms with E-state index < -0.39 is 22.5 Å². The molecule has 0 fully saturated rings. The normalized spacial score (nSPS) is 12.3. The third-order valence-corrected chi connectivity index (χ3v) is 5.81. The van der Waals surface area contributed by atoms with Gasteiger partial charge in [0.05, 0.1) is 35.1 Å². The Morgan fingerprint density at radius 3 is 2.48 bits per heavy atom. The van der Waals surface area contributed by atoms with Crippen LogP contribution in [-0.2, 0) is 14.8 Å². The first-order valence-electron chi connectivity index (χ1n) is 7.99. The predicted molar refractivity (Wildman–Crippen MR) is 108 cm³/mol. The molecule has 2 aromatic rings. The summed E-state index contributed by atoms with van der Waals surface area (Å²) in [5, 5.41) is 3.04. The molecule has 2 rings (SSSR count). The van der Waals surface area contributed by atoms with E-state index in [1.165, 1.54) is 12.1 Å². The fourth-order valence-electron chi connectivity index (χ4n) is 2.59. The van der Waals surface area contributed by atoms with E-state index in [-0.39, 0.29) is 21.8 Å². The van der Waals surface area contributed by atoms with Crippen molar-refractivity contribution in [2.24, 2.45) is 0 Å². The van der Waals surface area contributed by atoms with Crippen molar-refractivity contribution in [2.45, 2.75) is 13.0 Å². The van der Waals surface area contributed by atoms with Gasteiger partial charge in [0.15, 0.2) is 0 Å². The predicted octanol–water partition coefficient (Wildman–Crippen LogP) is 3.65. The fourth-order valence-corrected chi connectivity index (χ4v) is 3.89. The lowest BCUT2D eigenvalue weighted by Crippen LogP contribution is -2.41. The van der Waals surface area contributed by atoms with Crippen LogP contribution in [0.2, 0.25) is 10.0 Å². The first kappa shape index (κ1) is 21.3. The number of nitrogens with zero attached hydrogens (tertiary/aromatic N) is 1. The average molecular weight is 431 g/mol. The Morgan fingerprint density at radius 2 is 1.85 bits per heavy atom. The number of methoxy groups -OCH3 is 1. The average Bonchev–Trinajstić information content (AvgIpc) is 2.61. The topological polar surface area (TPSA) is 75.7 Å². The summed E-state index contributed by atoms with van der Waals surface area (Å²) < 4.78 is 30.6. The molecule has 0 aromatic heterocycles. The van der Waals surface area contributed by atoms with Gasteiger partial charge in [-0.25, -0.2) is 8.42 Å². The van der Waals surface area contributed by atoms with Gasteiger partial charge >= 0.3 is 0 Å². The van der Waals surface area contributed by atoms with Gasteiger partial charge in [-0.15, -0.1) is 0 Å². The Bertz CT molecular complexity index is 935. The number of rotatable bonds is 7. The number of halogens is 2. The van der Waals surface area contributed by atoms with Crippen molar-refractivity contribution in [1.82, 2.24) is 5.32 Å². The summed E-state index contributed by atoms with van der Waals surface area (Å²) in [7, 11) is -2.22. The van der Waals surface area contributed by atoms with Crippen LogP contribution in [0.3, 0.4) is 0 Å². The van der Waals surface area contributed by atoms with E-state index in [0.717, 1.165) is 16.1 Å². The van der Waals surface area contributed by atoms with E-state index >= 15 is 0 Å². The van der Waals surface area contributed by atoms with Crippen LogP contribution in [0, 0.1) is 0 Å². The lowest BCUT2D eigenvalue weighted by atomic mass is 10.1. The smallest absolute Gasteiger partial charge is 0.241 e. The third-order valence-electron chi connectivity index (χ3n) is 3.87. The molecule has 0 aliphatic carbocycles. The van der Waals surface area contributed by atoms with Gasteiger partial charge < -0.3 is 10.1 Å². The van der Waals surface area contributed by atoms with Crippen LogP contribution in [0.4, 0.5) is 5.69 Å². The van der Waals surface area contributed by atoms with Crippen LogP contribution in [0.1, 0.15) is 18.5 Å². The Hall–Kier alpha value is -1.96. The number of anilines is 1. The number of nitrogens with one attached hydrogen (secondary N) is 1. The highest BCUT2D eigenvalue weighted by atomic mass is 35.5. The van der Waals surface area contributed by atoms with Gasteiger partial charge in [0.25, 0.3) is 0 Å². The van der Waals surface area contributed by atoms with E-state index in [1.54, 1.807) is 26.2 Å². The van der Waals surface area contributed by atoms with Crippen molar-refractivity contribution in [3.05, 3.63) is 58.1 Å². The highest BCUT2D eigenvalue weighted by Crippen LogP contribution is 2.33. The molecule has 0 radical (unpaired) electrons. The fraction of sp³-hybridized carbons (Fsp3) is 0.278. The van der Waals surface area contributed by atoms with E-state index in [2.05, 4.69) is 5.32 Å². The summed E-state index contributed by atoms with van der Waals surface area (Å²) >= 11 is 12.1. The Kier molecular flexibility index (Phi) is 6.97. The molecule has 146 valence electrons. The molecule has 0 saturated heterocycles. The second-order valence-corrected chi connectivity index (χ2v) is 8.57. The highest BCUT2D eigenvalue weighted by molar-refractivity contribution is 7.92. The van der Waals surface area contributed by atoms with Crippen molar-refractivity contribution in [1.29, 1.82) is 0 Å². The summed E-state index contributed by atoms with van der Waals surface area (Å²) in [6.07, 6.45) is 1.00. The van der Waals surface area contributed by atoms with Gasteiger partial charge in [-0.3, -0.25) is 9.10 Å². The second kappa shape index (κ2) is 8.82. The summed E-state index contributed by atoms with van der Waals surface area (Å²) in [6.45, 7) is 1.35. The lowest BCUT2D eigenvalue weighted by molar-refractivity contribution is -0.120. The van der Waals surface area contributed by atoms with E-state index in [0.29, 0.717) is 5.75 Å². The summed E-state index contributed by atoms with van der Waals surface area (Å²) in [4.78, 5) is 12.5. The number of carbonyl (C=O) groups is 1. The molecule has 0 saturated carbocycles. The zero-order chi connectivity index (χ0) is 20.2. The Balaban J connectivity index is 2.23. The molecule has 0 aliphatic heterocycles. The summed E-state index contributed by atoms with van der Waals surface area (Å²) in [6, 6.07) is 11.5. The Labute approximate surface area is 169 Å². The van der Waals surface area contributed by atoms with Gasteiger partial charge in [0.1, 0.15) is 12.3 Å². The largest absolute Gasteiger partial charge is 0.496 e. The van der Waals surface area contributed by atoms with Gasteiger partial charge in [-0.2, -0.15) is 0 Å². The highest BCUT2D eigenvalue weighted by Gasteiger charge is 2.25. The minimum atomic E-state index is -3.76. The first-order chi connectivity index (χ1) is 12.6. The maximum absolute atomic E-state index is 12.5. The molecule has 0 heterocycles. The van der Waals surface area contributed by atoms with Crippen LogP contribution in [0.5, 0.6) is 5.75 Å². The standard InChI is InChI=1S/C18H20Cl2N2O4S/c1-12(13-7-4-5-10-16(13)26-2)21-17(23)11-22(27(3,24)25)15-9-6-8-14(19)18(15)20/h4-10,12H,11H2,1-3H3,(H,21,23)/t12-/m1/s1. The lowest BCUT2D eigenvalue weighted by Gasteiger charge is -2.24. The van der Waals surface area contributed by atoms with Gasteiger partial charge in [-0.1, -0.05) is 47.5 Å². The van der Waals surface area contributed by atoms with Gasteiger partial charge in [0.2, 0.25) is 15.9 Å². The molecular weight excluding hydrogens is 411 g/mol. The van der Waals surface area contributed by atoms with Crippen molar-refractivity contribution >= 4 is 44.8 Å². The third kappa shape index (κ3) is 5.28. The van der Waals surface area contributed by atoms with E-state index in [1.807, 2.05) is 18.2 Å². The van der Waals surface area contributed by atoms with Crippen LogP contribution < -0.4 is 14.4 Å². The first-order valence-corrected chi connectivity index (χ1v) is 10.6. The number of benzene rings is 2. The van der Waals surface area contributed by atoms with E-state index in [9.17, 15) is 13.2 Å². The number of para-hydroxylation sites is 1. The maximum Gasteiger partial charge on any atom is 0.241 e. The molecule has 0 spiro atoms. The maximum atomic E-state index is 12.5. The molecule has 0 bridgehead atoms. The monoisotopic (exact) mass is 430 g/mol. The zero-order valence-corrected chi connectivity index (χ0v) is 17.4. The molecule has 0 aliphatic rings. The number of ether oxygens (including phenoxy) is 1. The molecule has 9 heteroatoms. The van der Waals surface area contributed by atoms with Crippen LogP contribution in [-0.4, -0.2) is 34.2 Å². The zero-order valence-electron chi connectivity index (χ0n) is 15.1. The number of amides is 1.